The Labute approximate surface area is 83.9 Å². The summed E-state index contributed by atoms with van der Waals surface area (Å²) in [5.74, 6) is -0.999. The number of carbonyl (C=O) groups is 2. The molecule has 0 aromatic heterocycles. The van der Waals surface area contributed by atoms with Gasteiger partial charge in [0.15, 0.2) is 6.29 Å². The number of ketones is 1. The van der Waals surface area contributed by atoms with Gasteiger partial charge in [0, 0.05) is 11.6 Å². The van der Waals surface area contributed by atoms with E-state index in [0.717, 1.165) is 12.1 Å². The van der Waals surface area contributed by atoms with Crippen LogP contribution in [0.3, 0.4) is 0 Å². The highest BCUT2D eigenvalue weighted by Gasteiger charge is 2.12. The monoisotopic (exact) mass is 218 g/mol. The van der Waals surface area contributed by atoms with E-state index in [1.54, 1.807) is 0 Å². The van der Waals surface area contributed by atoms with Gasteiger partial charge in [0.1, 0.15) is 5.75 Å². The number of hydrogen-bond acceptors (Lipinski definition) is 3. The average Bonchev–Trinajstić information content (AvgIpc) is 2.10. The number of Topliss-reactive ketones (excluding diaryl/α,β-unsaturated/α-hetero) is 1. The van der Waals surface area contributed by atoms with Gasteiger partial charge in [0.05, 0.1) is 10.0 Å². The van der Waals surface area contributed by atoms with Gasteiger partial charge in [-0.15, -0.1) is 0 Å². The number of aromatic hydroxyl groups is 1. The fourth-order valence-electron chi connectivity index (χ4n) is 0.789. The number of carbonyl (C=O) groups excluding carboxylic acids is 2. The first-order chi connectivity index (χ1) is 6.06. The molecule has 0 fully saturated rings. The minimum Gasteiger partial charge on any atom is -0.506 e. The molecule has 0 unspecified atom stereocenters. The van der Waals surface area contributed by atoms with Crippen LogP contribution in [0.2, 0.25) is 10.0 Å². The van der Waals surface area contributed by atoms with Crippen molar-refractivity contribution in [2.75, 3.05) is 0 Å². The fourth-order valence-corrected chi connectivity index (χ4v) is 1.20. The third kappa shape index (κ3) is 1.99. The van der Waals surface area contributed by atoms with E-state index in [1.165, 1.54) is 0 Å². The summed E-state index contributed by atoms with van der Waals surface area (Å²) in [6.07, 6.45) is 0.134. The van der Waals surface area contributed by atoms with Gasteiger partial charge in [-0.2, -0.15) is 0 Å². The Morgan fingerprint density at radius 1 is 1.31 bits per heavy atom. The van der Waals surface area contributed by atoms with Gasteiger partial charge in [-0.1, -0.05) is 23.2 Å². The van der Waals surface area contributed by atoms with E-state index in [-0.39, 0.29) is 27.6 Å². The van der Waals surface area contributed by atoms with Crippen LogP contribution in [0.5, 0.6) is 5.75 Å². The lowest BCUT2D eigenvalue weighted by molar-refractivity contribution is -0.104. The summed E-state index contributed by atoms with van der Waals surface area (Å²) in [6, 6.07) is 2.26. The lowest BCUT2D eigenvalue weighted by Crippen LogP contribution is -2.00. The predicted molar refractivity (Wildman–Crippen MR) is 48.5 cm³/mol. The normalized spacial score (nSPS) is 9.69. The number of phenolic OH excluding ortho intramolecular Hbond substituents is 1. The van der Waals surface area contributed by atoms with E-state index in [1.807, 2.05) is 0 Å². The Balaban J connectivity index is 3.31. The van der Waals surface area contributed by atoms with Gasteiger partial charge in [-0.3, -0.25) is 9.59 Å². The Kier molecular flexibility index (Phi) is 2.90. The van der Waals surface area contributed by atoms with E-state index in [2.05, 4.69) is 0 Å². The Morgan fingerprint density at radius 2 is 1.92 bits per heavy atom. The van der Waals surface area contributed by atoms with Crippen LogP contribution in [0.1, 0.15) is 10.4 Å². The number of benzene rings is 1. The van der Waals surface area contributed by atoms with Crippen LogP contribution in [0.15, 0.2) is 12.1 Å². The molecule has 0 bridgehead atoms. The van der Waals surface area contributed by atoms with Gasteiger partial charge in [0.25, 0.3) is 0 Å². The molecule has 0 amide bonds. The number of halogens is 2. The molecule has 5 heteroatoms. The molecule has 0 spiro atoms. The van der Waals surface area contributed by atoms with Crippen molar-refractivity contribution in [1.29, 1.82) is 0 Å². The van der Waals surface area contributed by atoms with Crippen LogP contribution in [0.4, 0.5) is 0 Å². The van der Waals surface area contributed by atoms with Crippen LogP contribution in [-0.4, -0.2) is 17.2 Å². The predicted octanol–water partition coefficient (Wildman–Crippen LogP) is 2.08. The standard InChI is InChI=1S/C8H4Cl2O3/c9-5-2-7(12)6(10)1-4(5)8(13)3-11/h1-3,12H. The molecular formula is C8H4Cl2O3. The van der Waals surface area contributed by atoms with Crippen molar-refractivity contribution in [3.8, 4) is 5.75 Å². The largest absolute Gasteiger partial charge is 0.506 e. The van der Waals surface area contributed by atoms with Crippen molar-refractivity contribution >= 4 is 35.3 Å². The second-order valence-electron chi connectivity index (χ2n) is 2.27. The lowest BCUT2D eigenvalue weighted by Gasteiger charge is -2.01. The zero-order valence-electron chi connectivity index (χ0n) is 6.25. The molecule has 1 aromatic rings. The fraction of sp³-hybridized carbons (Fsp3) is 0. The van der Waals surface area contributed by atoms with Crippen molar-refractivity contribution < 1.29 is 14.7 Å². The highest BCUT2D eigenvalue weighted by Crippen LogP contribution is 2.29. The average molecular weight is 219 g/mol. The van der Waals surface area contributed by atoms with Crippen molar-refractivity contribution in [3.63, 3.8) is 0 Å². The van der Waals surface area contributed by atoms with Crippen LogP contribution >= 0.6 is 23.2 Å². The highest BCUT2D eigenvalue weighted by atomic mass is 35.5. The number of aldehydes is 1. The van der Waals surface area contributed by atoms with E-state index in [9.17, 15) is 9.59 Å². The van der Waals surface area contributed by atoms with Gasteiger partial charge in [-0.05, 0) is 6.07 Å². The number of phenols is 1. The SMILES string of the molecule is O=CC(=O)c1cc(Cl)c(O)cc1Cl. The summed E-state index contributed by atoms with van der Waals surface area (Å²) in [5, 5.41) is 9.04. The van der Waals surface area contributed by atoms with Crippen molar-refractivity contribution in [2.45, 2.75) is 0 Å². The minimum absolute atomic E-state index is 0.000926. The zero-order valence-corrected chi connectivity index (χ0v) is 7.76. The van der Waals surface area contributed by atoms with Crippen molar-refractivity contribution in [1.82, 2.24) is 0 Å². The zero-order chi connectivity index (χ0) is 10.0. The molecule has 1 N–H and O–H groups in total. The molecule has 0 saturated carbocycles. The van der Waals surface area contributed by atoms with E-state index < -0.39 is 5.78 Å². The van der Waals surface area contributed by atoms with Gasteiger partial charge in [0.2, 0.25) is 5.78 Å². The molecule has 0 atom stereocenters. The van der Waals surface area contributed by atoms with E-state index >= 15 is 0 Å². The first-order valence-electron chi connectivity index (χ1n) is 3.23. The lowest BCUT2D eigenvalue weighted by atomic mass is 10.1. The Bertz CT molecular complexity index is 374. The van der Waals surface area contributed by atoms with Gasteiger partial charge < -0.3 is 5.11 Å². The molecule has 3 nitrogen and oxygen atoms in total. The quantitative estimate of drug-likeness (QED) is 0.470. The number of rotatable bonds is 2. The van der Waals surface area contributed by atoms with Gasteiger partial charge in [-0.25, -0.2) is 0 Å². The van der Waals surface area contributed by atoms with Crippen LogP contribution in [0.25, 0.3) is 0 Å². The molecule has 68 valence electrons. The summed E-state index contributed by atoms with van der Waals surface area (Å²) in [7, 11) is 0. The van der Waals surface area contributed by atoms with Crippen LogP contribution in [0, 0.1) is 0 Å². The summed E-state index contributed by atoms with van der Waals surface area (Å²) in [6.45, 7) is 0. The molecule has 0 aliphatic carbocycles. The maximum absolute atomic E-state index is 10.9. The summed E-state index contributed by atoms with van der Waals surface area (Å²) >= 11 is 11.1. The van der Waals surface area contributed by atoms with Crippen LogP contribution in [-0.2, 0) is 4.79 Å². The molecule has 1 aromatic carbocycles. The summed E-state index contributed by atoms with van der Waals surface area (Å²) < 4.78 is 0. The molecule has 0 aliphatic heterocycles. The van der Waals surface area contributed by atoms with Gasteiger partial charge >= 0.3 is 0 Å². The maximum Gasteiger partial charge on any atom is 0.226 e. The Morgan fingerprint density at radius 3 is 2.46 bits per heavy atom. The van der Waals surface area contributed by atoms with Crippen LogP contribution < -0.4 is 0 Å². The molecule has 1 rings (SSSR count). The molecular weight excluding hydrogens is 215 g/mol. The highest BCUT2D eigenvalue weighted by molar-refractivity contribution is 6.42. The van der Waals surface area contributed by atoms with E-state index in [4.69, 9.17) is 28.3 Å². The second kappa shape index (κ2) is 3.77. The maximum atomic E-state index is 10.9. The molecule has 0 saturated heterocycles. The van der Waals surface area contributed by atoms with E-state index in [0.29, 0.717) is 0 Å². The second-order valence-corrected chi connectivity index (χ2v) is 3.08. The first-order valence-corrected chi connectivity index (χ1v) is 3.99. The molecule has 0 heterocycles. The number of hydrogen-bond donors (Lipinski definition) is 1. The summed E-state index contributed by atoms with van der Waals surface area (Å²) in [4.78, 5) is 21.0. The first kappa shape index (κ1) is 10.0. The Hall–Kier alpha value is -1.06. The molecule has 0 radical (unpaired) electrons. The smallest absolute Gasteiger partial charge is 0.226 e. The minimum atomic E-state index is -0.771. The van der Waals surface area contributed by atoms with Crippen molar-refractivity contribution in [3.05, 3.63) is 27.7 Å². The van der Waals surface area contributed by atoms with Crippen molar-refractivity contribution in [2.24, 2.45) is 0 Å². The third-order valence-corrected chi connectivity index (χ3v) is 2.02. The summed E-state index contributed by atoms with van der Waals surface area (Å²) in [5.41, 5.74) is -0.0144. The molecule has 13 heavy (non-hydrogen) atoms. The topological polar surface area (TPSA) is 54.4 Å². The third-order valence-electron chi connectivity index (χ3n) is 1.41. The molecule has 0 aliphatic rings.